The van der Waals surface area contributed by atoms with E-state index in [0.29, 0.717) is 12.1 Å². The number of carbonyl (C=O) groups is 1. The van der Waals surface area contributed by atoms with E-state index >= 15 is 0 Å². The first-order chi connectivity index (χ1) is 15.2. The third-order valence-electron chi connectivity index (χ3n) is 5.63. The van der Waals surface area contributed by atoms with Crippen molar-refractivity contribution in [2.24, 2.45) is 0 Å². The van der Waals surface area contributed by atoms with Crippen LogP contribution in [0.2, 0.25) is 0 Å². The second-order valence-corrected chi connectivity index (χ2v) is 8.29. The molecule has 1 amide bonds. The second kappa shape index (κ2) is 10.0. The third-order valence-corrected chi connectivity index (χ3v) is 6.42. The first-order valence-electron chi connectivity index (χ1n) is 10.3. The maximum Gasteiger partial charge on any atom is 0.252 e. The van der Waals surface area contributed by atoms with Gasteiger partial charge in [-0.3, -0.25) is 9.69 Å². The number of benzene rings is 2. The Labute approximate surface area is 186 Å². The van der Waals surface area contributed by atoms with Crippen LogP contribution in [-0.4, -0.2) is 49.8 Å². The van der Waals surface area contributed by atoms with Gasteiger partial charge in [0.05, 0.1) is 17.9 Å². The van der Waals surface area contributed by atoms with Crippen LogP contribution in [0.1, 0.15) is 22.2 Å². The number of halogens is 1. The van der Waals surface area contributed by atoms with Crippen LogP contribution < -0.4 is 10.2 Å². The molecule has 1 unspecified atom stereocenters. The lowest BCUT2D eigenvalue weighted by atomic mass is 10.1. The Bertz CT molecular complexity index is 986. The summed E-state index contributed by atoms with van der Waals surface area (Å²) < 4.78 is 18.9. The molecule has 1 N–H and O–H groups in total. The molecule has 7 heteroatoms. The van der Waals surface area contributed by atoms with Crippen molar-refractivity contribution in [1.82, 2.24) is 10.2 Å². The van der Waals surface area contributed by atoms with E-state index in [4.69, 9.17) is 4.42 Å². The zero-order chi connectivity index (χ0) is 21.6. The molecule has 31 heavy (non-hydrogen) atoms. The molecule has 0 saturated carbocycles. The van der Waals surface area contributed by atoms with E-state index in [1.807, 2.05) is 54.8 Å². The molecule has 0 bridgehead atoms. The molecule has 4 rings (SSSR count). The van der Waals surface area contributed by atoms with Gasteiger partial charge in [0.2, 0.25) is 0 Å². The minimum Gasteiger partial charge on any atom is -0.468 e. The predicted molar refractivity (Wildman–Crippen MR) is 122 cm³/mol. The Morgan fingerprint density at radius 1 is 1.06 bits per heavy atom. The van der Waals surface area contributed by atoms with Crippen LogP contribution in [0.3, 0.4) is 0 Å². The number of piperazine rings is 1. The molecule has 2 heterocycles. The minimum atomic E-state index is -0.223. The fourth-order valence-electron chi connectivity index (χ4n) is 3.95. The van der Waals surface area contributed by atoms with Crippen LogP contribution in [0.4, 0.5) is 10.1 Å². The van der Waals surface area contributed by atoms with Crippen molar-refractivity contribution in [2.75, 3.05) is 43.9 Å². The first-order valence-corrected chi connectivity index (χ1v) is 11.6. The highest BCUT2D eigenvalue weighted by molar-refractivity contribution is 7.98. The zero-order valence-electron chi connectivity index (χ0n) is 17.5. The monoisotopic (exact) mass is 439 g/mol. The number of hydrogen-bond acceptors (Lipinski definition) is 5. The fraction of sp³-hybridized carbons (Fsp3) is 0.292. The van der Waals surface area contributed by atoms with Gasteiger partial charge in [0.1, 0.15) is 11.6 Å². The van der Waals surface area contributed by atoms with Crippen molar-refractivity contribution < 1.29 is 13.6 Å². The van der Waals surface area contributed by atoms with Gasteiger partial charge in [0.15, 0.2) is 0 Å². The normalized spacial score (nSPS) is 15.6. The highest BCUT2D eigenvalue weighted by atomic mass is 32.2. The van der Waals surface area contributed by atoms with E-state index in [2.05, 4.69) is 15.1 Å². The summed E-state index contributed by atoms with van der Waals surface area (Å²) in [4.78, 5) is 18.4. The number of nitrogens with zero attached hydrogens (tertiary/aromatic N) is 2. The Morgan fingerprint density at radius 2 is 1.81 bits per heavy atom. The molecule has 1 saturated heterocycles. The van der Waals surface area contributed by atoms with Crippen molar-refractivity contribution in [2.45, 2.75) is 10.9 Å². The summed E-state index contributed by atoms with van der Waals surface area (Å²) >= 11 is 1.56. The zero-order valence-corrected chi connectivity index (χ0v) is 18.3. The maximum absolute atomic E-state index is 13.2. The van der Waals surface area contributed by atoms with E-state index in [9.17, 15) is 9.18 Å². The van der Waals surface area contributed by atoms with Gasteiger partial charge in [-0.1, -0.05) is 12.1 Å². The molecule has 0 spiro atoms. The Morgan fingerprint density at radius 3 is 2.48 bits per heavy atom. The Kier molecular flexibility index (Phi) is 6.94. The highest BCUT2D eigenvalue weighted by Gasteiger charge is 2.27. The molecule has 1 atom stereocenters. The van der Waals surface area contributed by atoms with Crippen LogP contribution >= 0.6 is 11.8 Å². The van der Waals surface area contributed by atoms with Gasteiger partial charge in [-0.25, -0.2) is 4.39 Å². The molecule has 1 aliphatic heterocycles. The number of nitrogens with one attached hydrogen (secondary N) is 1. The average Bonchev–Trinajstić information content (AvgIpc) is 3.34. The van der Waals surface area contributed by atoms with Gasteiger partial charge >= 0.3 is 0 Å². The standard InChI is InChI=1S/C24H26FN3O2S/c1-31-23-7-3-2-5-20(23)24(29)26-17-21(22-6-4-16-30-22)28-14-12-27(13-15-28)19-10-8-18(25)9-11-19/h2-11,16,21H,12-15,17H2,1H3,(H,26,29). The molecule has 0 aliphatic carbocycles. The molecule has 1 aromatic heterocycles. The number of hydrogen-bond donors (Lipinski definition) is 1. The van der Waals surface area contributed by atoms with E-state index < -0.39 is 0 Å². The molecule has 0 radical (unpaired) electrons. The topological polar surface area (TPSA) is 48.7 Å². The van der Waals surface area contributed by atoms with E-state index in [1.165, 1.54) is 12.1 Å². The number of carbonyl (C=O) groups excluding carboxylic acids is 1. The summed E-state index contributed by atoms with van der Waals surface area (Å²) in [7, 11) is 0. The van der Waals surface area contributed by atoms with E-state index in [-0.39, 0.29) is 17.8 Å². The summed E-state index contributed by atoms with van der Waals surface area (Å²) in [5.41, 5.74) is 1.71. The highest BCUT2D eigenvalue weighted by Crippen LogP contribution is 2.25. The van der Waals surface area contributed by atoms with E-state index in [0.717, 1.165) is 42.5 Å². The molecule has 162 valence electrons. The van der Waals surface area contributed by atoms with Crippen LogP contribution in [0, 0.1) is 5.82 Å². The van der Waals surface area contributed by atoms with Crippen LogP contribution in [0.5, 0.6) is 0 Å². The van der Waals surface area contributed by atoms with Crippen molar-refractivity contribution in [3.8, 4) is 0 Å². The van der Waals surface area contributed by atoms with Gasteiger partial charge in [0, 0.05) is 43.3 Å². The molecule has 5 nitrogen and oxygen atoms in total. The van der Waals surface area contributed by atoms with Gasteiger partial charge in [0.25, 0.3) is 5.91 Å². The Balaban J connectivity index is 1.42. The predicted octanol–water partition coefficient (Wildman–Crippen LogP) is 4.43. The fourth-order valence-corrected chi connectivity index (χ4v) is 4.55. The van der Waals surface area contributed by atoms with Crippen LogP contribution in [0.15, 0.2) is 76.2 Å². The number of rotatable bonds is 7. The molecule has 1 aliphatic rings. The molecular weight excluding hydrogens is 413 g/mol. The van der Waals surface area contributed by atoms with Gasteiger partial charge in [-0.05, 0) is 54.8 Å². The molecule has 3 aromatic rings. The summed E-state index contributed by atoms with van der Waals surface area (Å²) in [5, 5.41) is 3.10. The van der Waals surface area contributed by atoms with Crippen LogP contribution in [0.25, 0.3) is 0 Å². The minimum absolute atomic E-state index is 0.0456. The SMILES string of the molecule is CSc1ccccc1C(=O)NCC(c1ccco1)N1CCN(c2ccc(F)cc2)CC1. The quantitative estimate of drug-likeness (QED) is 0.552. The summed E-state index contributed by atoms with van der Waals surface area (Å²) in [6.07, 6.45) is 3.64. The molecule has 2 aromatic carbocycles. The van der Waals surface area contributed by atoms with Crippen molar-refractivity contribution in [3.63, 3.8) is 0 Å². The summed E-state index contributed by atoms with van der Waals surface area (Å²) in [6.45, 7) is 3.75. The molecule has 1 fully saturated rings. The van der Waals surface area contributed by atoms with E-state index in [1.54, 1.807) is 18.0 Å². The average molecular weight is 440 g/mol. The number of amides is 1. The molecular formula is C24H26FN3O2S. The summed E-state index contributed by atoms with van der Waals surface area (Å²) in [6, 6.07) is 18.0. The number of thioether (sulfide) groups is 1. The summed E-state index contributed by atoms with van der Waals surface area (Å²) in [5.74, 6) is 0.541. The third kappa shape index (κ3) is 5.11. The van der Waals surface area contributed by atoms with Crippen LogP contribution in [-0.2, 0) is 0 Å². The van der Waals surface area contributed by atoms with Gasteiger partial charge in [-0.2, -0.15) is 0 Å². The number of anilines is 1. The second-order valence-electron chi connectivity index (χ2n) is 7.44. The lowest BCUT2D eigenvalue weighted by Crippen LogP contribution is -2.49. The van der Waals surface area contributed by atoms with Gasteiger partial charge < -0.3 is 14.6 Å². The largest absolute Gasteiger partial charge is 0.468 e. The lowest BCUT2D eigenvalue weighted by molar-refractivity contribution is 0.0920. The van der Waals surface area contributed by atoms with Gasteiger partial charge in [-0.15, -0.1) is 11.8 Å². The van der Waals surface area contributed by atoms with Crippen molar-refractivity contribution in [3.05, 3.63) is 84.1 Å². The maximum atomic E-state index is 13.2. The Hall–Kier alpha value is -2.77. The smallest absolute Gasteiger partial charge is 0.252 e. The van der Waals surface area contributed by atoms with Crippen molar-refractivity contribution in [1.29, 1.82) is 0 Å². The van der Waals surface area contributed by atoms with Crippen molar-refractivity contribution >= 4 is 23.4 Å². The lowest BCUT2D eigenvalue weighted by Gasteiger charge is -2.39. The number of furan rings is 1. The first kappa shape index (κ1) is 21.5.